The largest absolute Gasteiger partial charge is 0.465 e. The maximum Gasteiger partial charge on any atom is 0.337 e. The summed E-state index contributed by atoms with van der Waals surface area (Å²) in [4.78, 5) is 35.8. The van der Waals surface area contributed by atoms with Gasteiger partial charge in [0.15, 0.2) is 0 Å². The second-order valence-electron chi connectivity index (χ2n) is 5.61. The molecule has 0 saturated heterocycles. The highest BCUT2D eigenvalue weighted by Crippen LogP contribution is 2.25. The Bertz CT molecular complexity index is 571. The lowest BCUT2D eigenvalue weighted by Gasteiger charge is -2.21. The van der Waals surface area contributed by atoms with Crippen LogP contribution >= 0.6 is 0 Å². The molecule has 1 N–H and O–H groups in total. The predicted octanol–water partition coefficient (Wildman–Crippen LogP) is 2.78. The minimum absolute atomic E-state index is 0.0212. The zero-order valence-electron chi connectivity index (χ0n) is 13.4. The number of carbonyl (C=O) groups is 3. The molecule has 6 heteroatoms. The second kappa shape index (κ2) is 7.76. The number of rotatable bonds is 4. The standard InChI is InChI=1S/C17H21NO5/c1-22-16(20)12-8-13(17(21)23-2)10-14(9-12)18-15(19)11-6-4-3-5-7-11/h8-11H,3-7H2,1-2H3,(H,18,19). The normalized spacial score (nSPS) is 14.9. The van der Waals surface area contributed by atoms with Crippen LogP contribution in [-0.4, -0.2) is 32.1 Å². The van der Waals surface area contributed by atoms with Gasteiger partial charge in [0.25, 0.3) is 0 Å². The van der Waals surface area contributed by atoms with E-state index in [4.69, 9.17) is 0 Å². The van der Waals surface area contributed by atoms with Gasteiger partial charge in [-0.05, 0) is 31.0 Å². The fraction of sp³-hybridized carbons (Fsp3) is 0.471. The van der Waals surface area contributed by atoms with E-state index in [0.29, 0.717) is 5.69 Å². The summed E-state index contributed by atoms with van der Waals surface area (Å²) in [7, 11) is 2.51. The van der Waals surface area contributed by atoms with Gasteiger partial charge in [-0.2, -0.15) is 0 Å². The Morgan fingerprint density at radius 2 is 1.43 bits per heavy atom. The fourth-order valence-electron chi connectivity index (χ4n) is 2.78. The van der Waals surface area contributed by atoms with Crippen LogP contribution < -0.4 is 5.32 Å². The lowest BCUT2D eigenvalue weighted by Crippen LogP contribution is -2.25. The van der Waals surface area contributed by atoms with Gasteiger partial charge in [-0.1, -0.05) is 19.3 Å². The maximum absolute atomic E-state index is 12.3. The van der Waals surface area contributed by atoms with E-state index in [-0.39, 0.29) is 23.0 Å². The second-order valence-corrected chi connectivity index (χ2v) is 5.61. The van der Waals surface area contributed by atoms with Gasteiger partial charge in [-0.25, -0.2) is 9.59 Å². The molecule has 1 aromatic rings. The van der Waals surface area contributed by atoms with E-state index in [1.54, 1.807) is 0 Å². The van der Waals surface area contributed by atoms with Gasteiger partial charge in [-0.15, -0.1) is 0 Å². The van der Waals surface area contributed by atoms with Crippen LogP contribution in [-0.2, 0) is 14.3 Å². The maximum atomic E-state index is 12.3. The highest BCUT2D eigenvalue weighted by atomic mass is 16.5. The summed E-state index contributed by atoms with van der Waals surface area (Å²) in [6.07, 6.45) is 4.99. The van der Waals surface area contributed by atoms with Crippen LogP contribution in [0.25, 0.3) is 0 Å². The molecule has 124 valence electrons. The summed E-state index contributed by atoms with van der Waals surface area (Å²) in [5, 5.41) is 2.80. The number of methoxy groups -OCH3 is 2. The molecule has 1 amide bonds. The predicted molar refractivity (Wildman–Crippen MR) is 84.3 cm³/mol. The highest BCUT2D eigenvalue weighted by Gasteiger charge is 2.22. The molecule has 1 aliphatic rings. The molecule has 0 heterocycles. The van der Waals surface area contributed by atoms with Crippen molar-refractivity contribution in [3.05, 3.63) is 29.3 Å². The molecule has 1 fully saturated rings. The van der Waals surface area contributed by atoms with Crippen molar-refractivity contribution in [2.75, 3.05) is 19.5 Å². The molecular formula is C17H21NO5. The number of benzene rings is 1. The third-order valence-electron chi connectivity index (χ3n) is 4.02. The van der Waals surface area contributed by atoms with Crippen molar-refractivity contribution in [1.29, 1.82) is 0 Å². The van der Waals surface area contributed by atoms with E-state index in [2.05, 4.69) is 14.8 Å². The fourth-order valence-corrected chi connectivity index (χ4v) is 2.78. The number of esters is 2. The van der Waals surface area contributed by atoms with E-state index in [1.165, 1.54) is 32.4 Å². The number of nitrogens with one attached hydrogen (secondary N) is 1. The van der Waals surface area contributed by atoms with Crippen molar-refractivity contribution in [3.8, 4) is 0 Å². The van der Waals surface area contributed by atoms with Gasteiger partial charge < -0.3 is 14.8 Å². The van der Waals surface area contributed by atoms with E-state index in [1.807, 2.05) is 0 Å². The number of hydrogen-bond acceptors (Lipinski definition) is 5. The van der Waals surface area contributed by atoms with Crippen molar-refractivity contribution < 1.29 is 23.9 Å². The Morgan fingerprint density at radius 1 is 0.913 bits per heavy atom. The Labute approximate surface area is 135 Å². The number of hydrogen-bond donors (Lipinski definition) is 1. The molecule has 0 atom stereocenters. The Kier molecular flexibility index (Phi) is 5.73. The van der Waals surface area contributed by atoms with Crippen molar-refractivity contribution in [1.82, 2.24) is 0 Å². The molecular weight excluding hydrogens is 298 g/mol. The number of carbonyl (C=O) groups excluding carboxylic acids is 3. The third kappa shape index (κ3) is 4.31. The topological polar surface area (TPSA) is 81.7 Å². The quantitative estimate of drug-likeness (QED) is 0.863. The van der Waals surface area contributed by atoms with Gasteiger partial charge in [-0.3, -0.25) is 4.79 Å². The Hall–Kier alpha value is -2.37. The van der Waals surface area contributed by atoms with Crippen molar-refractivity contribution >= 4 is 23.5 Å². The lowest BCUT2D eigenvalue weighted by atomic mass is 9.88. The summed E-state index contributed by atoms with van der Waals surface area (Å²) in [6.45, 7) is 0. The van der Waals surface area contributed by atoms with E-state index < -0.39 is 11.9 Å². The Morgan fingerprint density at radius 3 is 1.91 bits per heavy atom. The molecule has 0 aliphatic heterocycles. The number of anilines is 1. The molecule has 0 unspecified atom stereocenters. The van der Waals surface area contributed by atoms with Crippen LogP contribution in [0.5, 0.6) is 0 Å². The average molecular weight is 319 g/mol. The summed E-state index contributed by atoms with van der Waals surface area (Å²) in [5.74, 6) is -1.26. The third-order valence-corrected chi connectivity index (χ3v) is 4.02. The first-order chi connectivity index (χ1) is 11.0. The van der Waals surface area contributed by atoms with Crippen LogP contribution in [0.2, 0.25) is 0 Å². The lowest BCUT2D eigenvalue weighted by molar-refractivity contribution is -0.120. The average Bonchev–Trinajstić information content (AvgIpc) is 2.60. The molecule has 0 radical (unpaired) electrons. The molecule has 0 bridgehead atoms. The van der Waals surface area contributed by atoms with Crippen LogP contribution in [0.3, 0.4) is 0 Å². The summed E-state index contributed by atoms with van der Waals surface area (Å²) >= 11 is 0. The minimum atomic E-state index is -0.580. The highest BCUT2D eigenvalue weighted by molar-refractivity contribution is 5.99. The Balaban J connectivity index is 2.23. The molecule has 6 nitrogen and oxygen atoms in total. The van der Waals surface area contributed by atoms with Crippen molar-refractivity contribution in [2.24, 2.45) is 5.92 Å². The van der Waals surface area contributed by atoms with Gasteiger partial charge in [0.1, 0.15) is 0 Å². The van der Waals surface area contributed by atoms with Gasteiger partial charge in [0, 0.05) is 11.6 Å². The first kappa shape index (κ1) is 17.0. The van der Waals surface area contributed by atoms with Gasteiger partial charge in [0.05, 0.1) is 25.3 Å². The van der Waals surface area contributed by atoms with Crippen LogP contribution in [0, 0.1) is 5.92 Å². The zero-order valence-corrected chi connectivity index (χ0v) is 13.4. The molecule has 23 heavy (non-hydrogen) atoms. The SMILES string of the molecule is COC(=O)c1cc(NC(=O)C2CCCCC2)cc(C(=O)OC)c1. The molecule has 1 aliphatic carbocycles. The number of amides is 1. The molecule has 2 rings (SSSR count). The van der Waals surface area contributed by atoms with Crippen molar-refractivity contribution in [3.63, 3.8) is 0 Å². The minimum Gasteiger partial charge on any atom is -0.465 e. The summed E-state index contributed by atoms with van der Waals surface area (Å²) in [5.41, 5.74) is 0.771. The van der Waals surface area contributed by atoms with Crippen molar-refractivity contribution in [2.45, 2.75) is 32.1 Å². The molecule has 1 saturated carbocycles. The van der Waals surface area contributed by atoms with E-state index in [0.717, 1.165) is 32.1 Å². The van der Waals surface area contributed by atoms with Crippen LogP contribution in [0.1, 0.15) is 52.8 Å². The number of ether oxygens (including phenoxy) is 2. The zero-order chi connectivity index (χ0) is 16.8. The smallest absolute Gasteiger partial charge is 0.337 e. The first-order valence-corrected chi connectivity index (χ1v) is 7.67. The first-order valence-electron chi connectivity index (χ1n) is 7.67. The molecule has 0 aromatic heterocycles. The van der Waals surface area contributed by atoms with Crippen LogP contribution in [0.15, 0.2) is 18.2 Å². The summed E-state index contributed by atoms with van der Waals surface area (Å²) in [6, 6.07) is 4.38. The summed E-state index contributed by atoms with van der Waals surface area (Å²) < 4.78 is 9.35. The van der Waals surface area contributed by atoms with E-state index >= 15 is 0 Å². The molecule has 1 aromatic carbocycles. The van der Waals surface area contributed by atoms with Crippen LogP contribution in [0.4, 0.5) is 5.69 Å². The molecule has 0 spiro atoms. The van der Waals surface area contributed by atoms with Gasteiger partial charge in [0.2, 0.25) is 5.91 Å². The van der Waals surface area contributed by atoms with E-state index in [9.17, 15) is 14.4 Å². The van der Waals surface area contributed by atoms with Gasteiger partial charge >= 0.3 is 11.9 Å². The monoisotopic (exact) mass is 319 g/mol.